The van der Waals surface area contributed by atoms with Crippen molar-refractivity contribution in [2.75, 3.05) is 31.1 Å². The molecule has 1 saturated heterocycles. The van der Waals surface area contributed by atoms with Gasteiger partial charge in [0.1, 0.15) is 5.69 Å². The van der Waals surface area contributed by atoms with Crippen LogP contribution in [0.4, 0.5) is 5.69 Å². The number of aromatic nitrogens is 2. The molecule has 0 spiro atoms. The molecule has 6 nitrogen and oxygen atoms in total. The van der Waals surface area contributed by atoms with Crippen molar-refractivity contribution < 1.29 is 9.90 Å². The van der Waals surface area contributed by atoms with E-state index in [9.17, 15) is 9.90 Å². The number of amides is 1. The number of aliphatic hydroxyl groups excluding tert-OH is 1. The molecule has 1 aromatic heterocycles. The second kappa shape index (κ2) is 9.37. The van der Waals surface area contributed by atoms with Crippen molar-refractivity contribution in [2.24, 2.45) is 0 Å². The van der Waals surface area contributed by atoms with Crippen molar-refractivity contribution in [2.45, 2.75) is 31.8 Å². The van der Waals surface area contributed by atoms with E-state index in [0.29, 0.717) is 41.8 Å². The minimum absolute atomic E-state index is 0.0485. The van der Waals surface area contributed by atoms with Crippen molar-refractivity contribution in [3.8, 4) is 11.3 Å². The van der Waals surface area contributed by atoms with Crippen molar-refractivity contribution in [3.63, 3.8) is 0 Å². The van der Waals surface area contributed by atoms with E-state index in [-0.39, 0.29) is 18.6 Å². The Balaban J connectivity index is 1.69. The van der Waals surface area contributed by atoms with Crippen molar-refractivity contribution >= 4 is 34.8 Å². The van der Waals surface area contributed by atoms with Gasteiger partial charge in [0.25, 0.3) is 5.91 Å². The van der Waals surface area contributed by atoms with E-state index in [2.05, 4.69) is 4.90 Å². The third kappa shape index (κ3) is 4.23. The molecule has 2 aromatic carbocycles. The van der Waals surface area contributed by atoms with E-state index in [4.69, 9.17) is 28.3 Å². The molecule has 172 valence electrons. The molecule has 3 aromatic rings. The molecule has 0 saturated carbocycles. The van der Waals surface area contributed by atoms with E-state index in [1.165, 1.54) is 0 Å². The number of fused-ring (bicyclic) bond motifs is 3. The summed E-state index contributed by atoms with van der Waals surface area (Å²) in [6.45, 7) is 2.55. The Kier molecular flexibility index (Phi) is 6.32. The van der Waals surface area contributed by atoms with Crippen LogP contribution in [0.1, 0.15) is 35.3 Å². The standard InChI is InChI=1S/C25H26Cl2N4O2/c26-18-10-8-17(9-11-18)15-31-24-23(22(28-31)20-6-1-2-7-21(20)27)30-13-3-5-19(30)16-29(25(24)33)12-4-14-32/h1-2,6-11,19,32H,3-5,12-16H2. The predicted octanol–water partition coefficient (Wildman–Crippen LogP) is 4.71. The molecule has 33 heavy (non-hydrogen) atoms. The molecule has 1 amide bonds. The number of hydrogen-bond donors (Lipinski definition) is 1. The van der Waals surface area contributed by atoms with Gasteiger partial charge >= 0.3 is 0 Å². The first kappa shape index (κ1) is 22.3. The van der Waals surface area contributed by atoms with Gasteiger partial charge in [-0.25, -0.2) is 0 Å². The lowest BCUT2D eigenvalue weighted by Gasteiger charge is -2.27. The van der Waals surface area contributed by atoms with Gasteiger partial charge in [0.15, 0.2) is 5.69 Å². The molecule has 3 heterocycles. The minimum Gasteiger partial charge on any atom is -0.396 e. The molecular weight excluding hydrogens is 459 g/mol. The summed E-state index contributed by atoms with van der Waals surface area (Å²) in [6, 6.07) is 15.5. The van der Waals surface area contributed by atoms with Crippen LogP contribution in [0.15, 0.2) is 48.5 Å². The molecule has 8 heteroatoms. The SMILES string of the molecule is O=C1c2c(c(-c3ccccc3Cl)nn2Cc2ccc(Cl)cc2)N2CCCC2CN1CCCO. The molecule has 5 rings (SSSR count). The van der Waals surface area contributed by atoms with Crippen LogP contribution in [0.5, 0.6) is 0 Å². The first-order valence-electron chi connectivity index (χ1n) is 11.3. The van der Waals surface area contributed by atoms with Crippen LogP contribution < -0.4 is 4.90 Å². The Hall–Kier alpha value is -2.54. The predicted molar refractivity (Wildman–Crippen MR) is 131 cm³/mol. The number of halogens is 2. The first-order chi connectivity index (χ1) is 16.1. The lowest BCUT2D eigenvalue weighted by molar-refractivity contribution is 0.0732. The number of aliphatic hydroxyl groups is 1. The van der Waals surface area contributed by atoms with Gasteiger partial charge in [-0.3, -0.25) is 9.48 Å². The van der Waals surface area contributed by atoms with E-state index in [1.54, 1.807) is 0 Å². The second-order valence-electron chi connectivity index (χ2n) is 8.63. The number of carbonyl (C=O) groups is 1. The summed E-state index contributed by atoms with van der Waals surface area (Å²) >= 11 is 12.7. The zero-order valence-electron chi connectivity index (χ0n) is 18.3. The maximum atomic E-state index is 13.9. The number of hydrogen-bond acceptors (Lipinski definition) is 4. The Morgan fingerprint density at radius 2 is 1.88 bits per heavy atom. The number of rotatable bonds is 6. The van der Waals surface area contributed by atoms with E-state index in [1.807, 2.05) is 58.1 Å². The maximum absolute atomic E-state index is 13.9. The smallest absolute Gasteiger partial charge is 0.274 e. The van der Waals surface area contributed by atoms with Crippen LogP contribution in [-0.2, 0) is 6.54 Å². The van der Waals surface area contributed by atoms with Crippen LogP contribution in [0.2, 0.25) is 10.0 Å². The Morgan fingerprint density at radius 1 is 1.09 bits per heavy atom. The average molecular weight is 485 g/mol. The van der Waals surface area contributed by atoms with Gasteiger partial charge in [0.2, 0.25) is 0 Å². The van der Waals surface area contributed by atoms with Gasteiger partial charge in [-0.15, -0.1) is 0 Å². The summed E-state index contributed by atoms with van der Waals surface area (Å²) in [4.78, 5) is 18.1. The summed E-state index contributed by atoms with van der Waals surface area (Å²) in [5.41, 5.74) is 4.03. The molecule has 2 aliphatic heterocycles. The lowest BCUT2D eigenvalue weighted by atomic mass is 10.1. The Morgan fingerprint density at radius 3 is 2.64 bits per heavy atom. The van der Waals surface area contributed by atoms with Crippen molar-refractivity contribution in [1.29, 1.82) is 0 Å². The second-order valence-corrected chi connectivity index (χ2v) is 9.47. The monoisotopic (exact) mass is 484 g/mol. The van der Waals surface area contributed by atoms with Crippen LogP contribution in [0, 0.1) is 0 Å². The summed E-state index contributed by atoms with van der Waals surface area (Å²) in [5, 5.41) is 15.6. The molecule has 0 radical (unpaired) electrons. The Bertz CT molecular complexity index is 1160. The molecular formula is C25H26Cl2N4O2. The Labute approximate surface area is 203 Å². The number of nitrogens with zero attached hydrogens (tertiary/aromatic N) is 4. The third-order valence-electron chi connectivity index (χ3n) is 6.47. The van der Waals surface area contributed by atoms with Gasteiger partial charge < -0.3 is 14.9 Å². The molecule has 1 N–H and O–H groups in total. The lowest BCUT2D eigenvalue weighted by Crippen LogP contribution is -2.40. The third-order valence-corrected chi connectivity index (χ3v) is 7.05. The largest absolute Gasteiger partial charge is 0.396 e. The van der Waals surface area contributed by atoms with E-state index < -0.39 is 0 Å². The summed E-state index contributed by atoms with van der Waals surface area (Å²) in [7, 11) is 0. The fraction of sp³-hybridized carbons (Fsp3) is 0.360. The zero-order valence-corrected chi connectivity index (χ0v) is 19.8. The maximum Gasteiger partial charge on any atom is 0.274 e. The highest BCUT2D eigenvalue weighted by molar-refractivity contribution is 6.33. The van der Waals surface area contributed by atoms with Crippen molar-refractivity contribution in [3.05, 3.63) is 69.8 Å². The van der Waals surface area contributed by atoms with Crippen molar-refractivity contribution in [1.82, 2.24) is 14.7 Å². The topological polar surface area (TPSA) is 61.6 Å². The van der Waals surface area contributed by atoms with Gasteiger partial charge in [-0.05, 0) is 43.0 Å². The summed E-state index contributed by atoms with van der Waals surface area (Å²) in [5.74, 6) is -0.0485. The molecule has 1 atom stereocenters. The first-order valence-corrected chi connectivity index (χ1v) is 12.1. The fourth-order valence-electron chi connectivity index (χ4n) is 4.91. The highest BCUT2D eigenvalue weighted by atomic mass is 35.5. The van der Waals surface area contributed by atoms with Crippen LogP contribution in [0.3, 0.4) is 0 Å². The average Bonchev–Trinajstić information content (AvgIpc) is 3.39. The molecule has 0 bridgehead atoms. The highest BCUT2D eigenvalue weighted by Gasteiger charge is 2.40. The highest BCUT2D eigenvalue weighted by Crippen LogP contribution is 2.42. The van der Waals surface area contributed by atoms with Gasteiger partial charge in [0, 0.05) is 42.9 Å². The number of anilines is 1. The van der Waals surface area contributed by atoms with Crippen LogP contribution in [-0.4, -0.2) is 58.0 Å². The van der Waals surface area contributed by atoms with E-state index >= 15 is 0 Å². The zero-order chi connectivity index (χ0) is 22.9. The fourth-order valence-corrected chi connectivity index (χ4v) is 5.26. The van der Waals surface area contributed by atoms with Crippen LogP contribution in [0.25, 0.3) is 11.3 Å². The molecule has 0 aliphatic carbocycles. The van der Waals surface area contributed by atoms with Gasteiger partial charge in [-0.2, -0.15) is 5.10 Å². The number of benzene rings is 2. The molecule has 1 fully saturated rings. The summed E-state index contributed by atoms with van der Waals surface area (Å²) < 4.78 is 1.81. The van der Waals surface area contributed by atoms with Gasteiger partial charge in [-0.1, -0.05) is 53.5 Å². The van der Waals surface area contributed by atoms with Crippen LogP contribution >= 0.6 is 23.2 Å². The summed E-state index contributed by atoms with van der Waals surface area (Å²) in [6.07, 6.45) is 2.64. The molecule has 1 unspecified atom stereocenters. The normalized spacial score (nSPS) is 17.8. The molecule has 2 aliphatic rings. The van der Waals surface area contributed by atoms with E-state index in [0.717, 1.165) is 41.9 Å². The minimum atomic E-state index is -0.0485. The quantitative estimate of drug-likeness (QED) is 0.550. The van der Waals surface area contributed by atoms with Gasteiger partial charge in [0.05, 0.1) is 17.3 Å². The number of carbonyl (C=O) groups excluding carboxylic acids is 1.